The van der Waals surface area contributed by atoms with Gasteiger partial charge in [-0.15, -0.1) is 0 Å². The van der Waals surface area contributed by atoms with Crippen LogP contribution in [-0.2, 0) is 11.3 Å². The Hall–Kier alpha value is -1.66. The quantitative estimate of drug-likeness (QED) is 0.892. The maximum atomic E-state index is 12.7. The van der Waals surface area contributed by atoms with Crippen molar-refractivity contribution in [3.63, 3.8) is 0 Å². The molecule has 0 unspecified atom stereocenters. The molecule has 1 aromatic heterocycles. The number of rotatable bonds is 4. The maximum Gasteiger partial charge on any atom is 0.251 e. The van der Waals surface area contributed by atoms with Crippen molar-refractivity contribution in [1.29, 1.82) is 0 Å². The van der Waals surface area contributed by atoms with Crippen LogP contribution >= 0.6 is 0 Å². The Balaban J connectivity index is 1.49. The van der Waals surface area contributed by atoms with Gasteiger partial charge in [-0.05, 0) is 45.3 Å². The predicted octanol–water partition coefficient (Wildman–Crippen LogP) is 1.24. The lowest BCUT2D eigenvalue weighted by molar-refractivity contribution is -0.0862. The third kappa shape index (κ3) is 3.02. The molecule has 25 heavy (non-hydrogen) atoms. The molecule has 3 aliphatic rings. The van der Waals surface area contributed by atoms with Gasteiger partial charge in [0.2, 0.25) is 0 Å². The zero-order chi connectivity index (χ0) is 17.4. The second-order valence-corrected chi connectivity index (χ2v) is 7.41. The highest BCUT2D eigenvalue weighted by Crippen LogP contribution is 2.42. The van der Waals surface area contributed by atoms with E-state index in [9.17, 15) is 9.59 Å². The fraction of sp³-hybridized carbons (Fsp3) is 0.684. The number of pyridine rings is 1. The molecule has 0 aromatic carbocycles. The van der Waals surface area contributed by atoms with Gasteiger partial charge in [0.25, 0.3) is 11.5 Å². The standard InChI is InChI=1S/C19H27N3O3/c1-2-21-10-6-13(12-15(21)23)19(24)20-16-14-7-11-25-18(14)17(16)22-8-4-3-5-9-22/h6,10,12,14,16-18H,2-5,7-9,11H2,1H3,(H,20,24)/t14-,16+,17-,18-/m1/s1. The summed E-state index contributed by atoms with van der Waals surface area (Å²) in [6, 6.07) is 3.59. The van der Waals surface area contributed by atoms with Crippen molar-refractivity contribution in [2.45, 2.75) is 57.3 Å². The van der Waals surface area contributed by atoms with Crippen LogP contribution in [0.4, 0.5) is 0 Å². The molecular formula is C19H27N3O3. The van der Waals surface area contributed by atoms with Crippen LogP contribution in [0.2, 0.25) is 0 Å². The van der Waals surface area contributed by atoms with Gasteiger partial charge in [-0.2, -0.15) is 0 Å². The first-order valence-electron chi connectivity index (χ1n) is 9.56. The number of amides is 1. The van der Waals surface area contributed by atoms with Gasteiger partial charge in [0, 0.05) is 36.9 Å². The first-order valence-corrected chi connectivity index (χ1v) is 9.56. The van der Waals surface area contributed by atoms with Crippen LogP contribution in [0.15, 0.2) is 23.1 Å². The lowest BCUT2D eigenvalue weighted by Gasteiger charge is -2.53. The Morgan fingerprint density at radius 1 is 1.32 bits per heavy atom. The highest BCUT2D eigenvalue weighted by molar-refractivity contribution is 5.94. The van der Waals surface area contributed by atoms with E-state index >= 15 is 0 Å². The minimum Gasteiger partial charge on any atom is -0.376 e. The third-order valence-corrected chi connectivity index (χ3v) is 6.06. The normalized spacial score (nSPS) is 32.0. The van der Waals surface area contributed by atoms with Crippen LogP contribution < -0.4 is 10.9 Å². The Labute approximate surface area is 148 Å². The van der Waals surface area contributed by atoms with Crippen LogP contribution in [0.1, 0.15) is 43.0 Å². The molecule has 2 saturated heterocycles. The topological polar surface area (TPSA) is 63.6 Å². The third-order valence-electron chi connectivity index (χ3n) is 6.06. The number of likely N-dealkylation sites (tertiary alicyclic amines) is 1. The summed E-state index contributed by atoms with van der Waals surface area (Å²) in [5.41, 5.74) is 0.327. The van der Waals surface area contributed by atoms with Crippen LogP contribution in [0.25, 0.3) is 0 Å². The molecule has 1 N–H and O–H groups in total. The van der Waals surface area contributed by atoms with E-state index in [0.717, 1.165) is 26.1 Å². The molecule has 3 heterocycles. The highest BCUT2D eigenvalue weighted by atomic mass is 16.5. The molecule has 1 aliphatic carbocycles. The molecule has 1 aromatic rings. The lowest BCUT2D eigenvalue weighted by atomic mass is 9.70. The average Bonchev–Trinajstić information content (AvgIpc) is 3.04. The summed E-state index contributed by atoms with van der Waals surface area (Å²) in [7, 11) is 0. The van der Waals surface area contributed by atoms with Crippen molar-refractivity contribution in [3.8, 4) is 0 Å². The molecule has 4 rings (SSSR count). The van der Waals surface area contributed by atoms with Crippen molar-refractivity contribution in [1.82, 2.24) is 14.8 Å². The molecule has 3 fully saturated rings. The van der Waals surface area contributed by atoms with Crippen molar-refractivity contribution < 1.29 is 9.53 Å². The minimum atomic E-state index is -0.141. The van der Waals surface area contributed by atoms with Crippen molar-refractivity contribution >= 4 is 5.91 Å². The van der Waals surface area contributed by atoms with Gasteiger partial charge in [0.05, 0.1) is 18.2 Å². The number of hydrogen-bond donors (Lipinski definition) is 1. The van der Waals surface area contributed by atoms with Gasteiger partial charge in [-0.1, -0.05) is 6.42 Å². The van der Waals surface area contributed by atoms with E-state index in [-0.39, 0.29) is 29.7 Å². The van der Waals surface area contributed by atoms with Gasteiger partial charge in [-0.25, -0.2) is 0 Å². The molecule has 6 heteroatoms. The number of hydrogen-bond acceptors (Lipinski definition) is 4. The molecule has 0 spiro atoms. The van der Waals surface area contributed by atoms with Gasteiger partial charge in [0.15, 0.2) is 0 Å². The second kappa shape index (κ2) is 6.92. The highest BCUT2D eigenvalue weighted by Gasteiger charge is 2.56. The molecular weight excluding hydrogens is 318 g/mol. The van der Waals surface area contributed by atoms with E-state index in [0.29, 0.717) is 18.0 Å². The summed E-state index contributed by atoms with van der Waals surface area (Å²) in [6.45, 7) is 5.51. The Bertz CT molecular complexity index is 695. The van der Waals surface area contributed by atoms with Gasteiger partial charge in [0.1, 0.15) is 0 Å². The van der Waals surface area contributed by atoms with Crippen LogP contribution in [-0.4, -0.2) is 53.3 Å². The van der Waals surface area contributed by atoms with E-state index < -0.39 is 0 Å². The maximum absolute atomic E-state index is 12.7. The number of aromatic nitrogens is 1. The molecule has 1 amide bonds. The molecule has 0 radical (unpaired) electrons. The smallest absolute Gasteiger partial charge is 0.251 e. The first kappa shape index (κ1) is 16.8. The van der Waals surface area contributed by atoms with E-state index in [4.69, 9.17) is 4.74 Å². The lowest BCUT2D eigenvalue weighted by Crippen LogP contribution is -2.71. The van der Waals surface area contributed by atoms with Crippen LogP contribution in [0.3, 0.4) is 0 Å². The summed E-state index contributed by atoms with van der Waals surface area (Å²) >= 11 is 0. The number of aryl methyl sites for hydroxylation is 1. The second-order valence-electron chi connectivity index (χ2n) is 7.41. The van der Waals surface area contributed by atoms with Gasteiger partial charge < -0.3 is 14.6 Å². The number of fused-ring (bicyclic) bond motifs is 1. The summed E-state index contributed by atoms with van der Waals surface area (Å²) < 4.78 is 7.53. The largest absolute Gasteiger partial charge is 0.376 e. The van der Waals surface area contributed by atoms with Crippen LogP contribution in [0, 0.1) is 5.92 Å². The number of nitrogens with zero attached hydrogens (tertiary/aromatic N) is 2. The van der Waals surface area contributed by atoms with Gasteiger partial charge >= 0.3 is 0 Å². The molecule has 2 aliphatic heterocycles. The monoisotopic (exact) mass is 345 g/mol. The van der Waals surface area contributed by atoms with Crippen LogP contribution in [0.5, 0.6) is 0 Å². The first-order chi connectivity index (χ1) is 12.2. The zero-order valence-electron chi connectivity index (χ0n) is 14.8. The summed E-state index contributed by atoms with van der Waals surface area (Å²) in [5.74, 6) is 0.268. The number of nitrogens with one attached hydrogen (secondary N) is 1. The predicted molar refractivity (Wildman–Crippen MR) is 94.7 cm³/mol. The van der Waals surface area contributed by atoms with Crippen molar-refractivity contribution in [2.75, 3.05) is 19.7 Å². The molecule has 136 valence electrons. The fourth-order valence-corrected chi connectivity index (χ4v) is 4.66. The molecule has 4 atom stereocenters. The minimum absolute atomic E-state index is 0.126. The van der Waals surface area contributed by atoms with Crippen molar-refractivity contribution in [2.24, 2.45) is 5.92 Å². The van der Waals surface area contributed by atoms with E-state index in [1.807, 2.05) is 6.92 Å². The molecule has 1 saturated carbocycles. The zero-order valence-corrected chi connectivity index (χ0v) is 14.8. The fourth-order valence-electron chi connectivity index (χ4n) is 4.66. The number of ether oxygens (including phenoxy) is 1. The number of carbonyl (C=O) groups is 1. The van der Waals surface area contributed by atoms with E-state index in [2.05, 4.69) is 10.2 Å². The Morgan fingerprint density at radius 2 is 2.12 bits per heavy atom. The summed E-state index contributed by atoms with van der Waals surface area (Å²) in [6.07, 6.45) is 6.71. The average molecular weight is 345 g/mol. The SMILES string of the molecule is CCn1ccc(C(=O)N[C@H]2[C@H]3CCO[C@H]3[C@@H]2N2CCCCC2)cc1=O. The molecule has 0 bridgehead atoms. The Morgan fingerprint density at radius 3 is 2.84 bits per heavy atom. The van der Waals surface area contributed by atoms with E-state index in [1.165, 1.54) is 25.3 Å². The Kier molecular flexibility index (Phi) is 4.65. The van der Waals surface area contributed by atoms with E-state index in [1.54, 1.807) is 16.8 Å². The van der Waals surface area contributed by atoms with Crippen molar-refractivity contribution in [3.05, 3.63) is 34.2 Å². The summed E-state index contributed by atoms with van der Waals surface area (Å²) in [5, 5.41) is 3.21. The summed E-state index contributed by atoms with van der Waals surface area (Å²) in [4.78, 5) is 27.2. The number of piperidine rings is 1. The number of carbonyl (C=O) groups excluding carboxylic acids is 1. The van der Waals surface area contributed by atoms with Gasteiger partial charge in [-0.3, -0.25) is 14.5 Å². The molecule has 6 nitrogen and oxygen atoms in total.